The van der Waals surface area contributed by atoms with Crippen molar-refractivity contribution in [2.75, 3.05) is 12.1 Å². The van der Waals surface area contributed by atoms with Gasteiger partial charge < -0.3 is 14.8 Å². The minimum Gasteiger partial charge on any atom is -0.467 e. The van der Waals surface area contributed by atoms with Crippen LogP contribution in [0.4, 0.5) is 5.69 Å². The number of nitrogens with one attached hydrogen (secondary N) is 1. The van der Waals surface area contributed by atoms with Crippen LogP contribution < -0.4 is 10.1 Å². The van der Waals surface area contributed by atoms with Crippen molar-refractivity contribution >= 4 is 43.2 Å². The maximum Gasteiger partial charge on any atom is 0.189 e. The number of fused-ring (bicyclic) bond motifs is 2. The molecule has 0 aliphatic heterocycles. The summed E-state index contributed by atoms with van der Waals surface area (Å²) in [6.45, 7) is 1.36. The zero-order chi connectivity index (χ0) is 22.5. The first-order valence-corrected chi connectivity index (χ1v) is 11.7. The Morgan fingerprint density at radius 3 is 2.30 bits per heavy atom. The van der Waals surface area contributed by atoms with E-state index >= 15 is 0 Å². The van der Waals surface area contributed by atoms with Gasteiger partial charge in [0.1, 0.15) is 5.75 Å². The largest absolute Gasteiger partial charge is 0.467 e. The minimum absolute atomic E-state index is 0.193. The van der Waals surface area contributed by atoms with Crippen LogP contribution >= 0.6 is 15.9 Å². The van der Waals surface area contributed by atoms with Gasteiger partial charge in [-0.15, -0.1) is 0 Å². The Morgan fingerprint density at radius 1 is 0.697 bits per heavy atom. The summed E-state index contributed by atoms with van der Waals surface area (Å²) >= 11 is 3.55. The number of benzene rings is 5. The first-order chi connectivity index (χ1) is 16.3. The molecular formula is C29H24BrNO2. The topological polar surface area (TPSA) is 30.5 Å². The molecule has 5 aromatic carbocycles. The average molecular weight is 498 g/mol. The molecular weight excluding hydrogens is 474 g/mol. The van der Waals surface area contributed by atoms with E-state index in [0.717, 1.165) is 27.0 Å². The van der Waals surface area contributed by atoms with E-state index in [9.17, 15) is 0 Å². The van der Waals surface area contributed by atoms with Crippen LogP contribution in [0.15, 0.2) is 108 Å². The Bertz CT molecular complexity index is 1380. The highest BCUT2D eigenvalue weighted by molar-refractivity contribution is 9.10. The van der Waals surface area contributed by atoms with Crippen molar-refractivity contribution < 1.29 is 9.47 Å². The molecule has 3 nitrogen and oxygen atoms in total. The molecule has 33 heavy (non-hydrogen) atoms. The molecule has 1 N–H and O–H groups in total. The van der Waals surface area contributed by atoms with Crippen LogP contribution in [0.25, 0.3) is 21.5 Å². The Balaban J connectivity index is 1.30. The van der Waals surface area contributed by atoms with E-state index in [-0.39, 0.29) is 6.79 Å². The van der Waals surface area contributed by atoms with Crippen LogP contribution in [-0.4, -0.2) is 6.79 Å². The molecule has 0 spiro atoms. The number of rotatable bonds is 8. The molecule has 0 saturated carbocycles. The van der Waals surface area contributed by atoms with Gasteiger partial charge >= 0.3 is 0 Å². The molecule has 0 fully saturated rings. The van der Waals surface area contributed by atoms with Crippen molar-refractivity contribution in [3.63, 3.8) is 0 Å². The number of anilines is 1. The first kappa shape index (κ1) is 21.5. The van der Waals surface area contributed by atoms with Crippen molar-refractivity contribution in [3.05, 3.63) is 119 Å². The molecule has 0 aromatic heterocycles. The summed E-state index contributed by atoms with van der Waals surface area (Å²) in [5.41, 5.74) is 3.30. The van der Waals surface area contributed by atoms with Gasteiger partial charge in [-0.2, -0.15) is 0 Å². The normalized spacial score (nSPS) is 11.1. The van der Waals surface area contributed by atoms with E-state index in [2.05, 4.69) is 81.9 Å². The number of hydrogen-bond donors (Lipinski definition) is 1. The van der Waals surface area contributed by atoms with Gasteiger partial charge in [0.05, 0.1) is 6.61 Å². The molecule has 0 amide bonds. The summed E-state index contributed by atoms with van der Waals surface area (Å²) in [5.74, 6) is 0.802. The lowest BCUT2D eigenvalue weighted by atomic mass is 10.0. The molecule has 0 aliphatic rings. The van der Waals surface area contributed by atoms with Gasteiger partial charge in [-0.1, -0.05) is 88.7 Å². The summed E-state index contributed by atoms with van der Waals surface area (Å²) in [5, 5.41) is 8.53. The second-order valence-corrected chi connectivity index (χ2v) is 8.84. The van der Waals surface area contributed by atoms with E-state index < -0.39 is 0 Å². The van der Waals surface area contributed by atoms with E-state index in [1.165, 1.54) is 21.5 Å². The van der Waals surface area contributed by atoms with Crippen LogP contribution in [0.2, 0.25) is 0 Å². The maximum absolute atomic E-state index is 5.98. The predicted octanol–water partition coefficient (Wildman–Crippen LogP) is 7.92. The average Bonchev–Trinajstić information content (AvgIpc) is 2.85. The fourth-order valence-electron chi connectivity index (χ4n) is 3.96. The van der Waals surface area contributed by atoms with Gasteiger partial charge in [0.25, 0.3) is 0 Å². The van der Waals surface area contributed by atoms with Crippen molar-refractivity contribution in [1.29, 1.82) is 0 Å². The van der Waals surface area contributed by atoms with Gasteiger partial charge in [-0.3, -0.25) is 0 Å². The zero-order valence-electron chi connectivity index (χ0n) is 18.1. The Morgan fingerprint density at radius 2 is 1.45 bits per heavy atom. The third-order valence-electron chi connectivity index (χ3n) is 5.65. The van der Waals surface area contributed by atoms with Gasteiger partial charge in [0.15, 0.2) is 6.79 Å². The molecule has 0 heterocycles. The summed E-state index contributed by atoms with van der Waals surface area (Å²) in [6.07, 6.45) is 0. The van der Waals surface area contributed by atoms with Crippen molar-refractivity contribution in [3.8, 4) is 5.75 Å². The first-order valence-electron chi connectivity index (χ1n) is 10.9. The van der Waals surface area contributed by atoms with Gasteiger partial charge in [0, 0.05) is 27.7 Å². The van der Waals surface area contributed by atoms with E-state index in [1.807, 2.05) is 42.5 Å². The fraction of sp³-hybridized carbons (Fsp3) is 0.103. The highest BCUT2D eigenvalue weighted by atomic mass is 79.9. The second kappa shape index (κ2) is 10.1. The van der Waals surface area contributed by atoms with E-state index in [0.29, 0.717) is 13.2 Å². The Kier molecular flexibility index (Phi) is 6.56. The lowest BCUT2D eigenvalue weighted by Crippen LogP contribution is -2.07. The lowest BCUT2D eigenvalue weighted by molar-refractivity contribution is 0.00455. The van der Waals surface area contributed by atoms with E-state index in [1.54, 1.807) is 0 Å². The summed E-state index contributed by atoms with van der Waals surface area (Å²) < 4.78 is 12.7. The van der Waals surface area contributed by atoms with Crippen molar-refractivity contribution in [2.24, 2.45) is 0 Å². The second-order valence-electron chi connectivity index (χ2n) is 7.93. The number of ether oxygens (including phenoxy) is 2. The quantitative estimate of drug-likeness (QED) is 0.134. The molecule has 0 aliphatic carbocycles. The zero-order valence-corrected chi connectivity index (χ0v) is 19.7. The molecule has 164 valence electrons. The van der Waals surface area contributed by atoms with Gasteiger partial charge in [0.2, 0.25) is 0 Å². The predicted molar refractivity (Wildman–Crippen MR) is 140 cm³/mol. The SMILES string of the molecule is Brc1ccc(CNc2cccc3cc4ccccc4cc23)c(OCOCc2ccccc2)c1. The minimum atomic E-state index is 0.193. The van der Waals surface area contributed by atoms with Crippen LogP contribution in [0.1, 0.15) is 11.1 Å². The highest BCUT2D eigenvalue weighted by Gasteiger charge is 2.08. The Hall–Kier alpha value is -3.34. The molecule has 4 heteroatoms. The molecule has 0 radical (unpaired) electrons. The lowest BCUT2D eigenvalue weighted by Gasteiger charge is -2.15. The van der Waals surface area contributed by atoms with Crippen LogP contribution in [0, 0.1) is 0 Å². The third-order valence-corrected chi connectivity index (χ3v) is 6.15. The van der Waals surface area contributed by atoms with Gasteiger partial charge in [-0.25, -0.2) is 0 Å². The smallest absolute Gasteiger partial charge is 0.189 e. The molecule has 0 saturated heterocycles. The third kappa shape index (κ3) is 5.19. The van der Waals surface area contributed by atoms with Crippen LogP contribution in [0.5, 0.6) is 5.75 Å². The van der Waals surface area contributed by atoms with E-state index in [4.69, 9.17) is 9.47 Å². The standard InChI is InChI=1S/C29H24BrNO2/c30-26-14-13-25(29(17-26)33-20-32-19-21-7-2-1-3-8-21)18-31-28-12-6-11-24-15-22-9-4-5-10-23(22)16-27(24)28/h1-17,31H,18-20H2. The Labute approximate surface area is 202 Å². The maximum atomic E-state index is 5.98. The monoisotopic (exact) mass is 497 g/mol. The molecule has 0 unspecified atom stereocenters. The number of hydrogen-bond acceptors (Lipinski definition) is 3. The van der Waals surface area contributed by atoms with Crippen LogP contribution in [-0.2, 0) is 17.9 Å². The molecule has 5 aromatic rings. The summed E-state index contributed by atoms with van der Waals surface area (Å²) in [6, 6.07) is 35.5. The highest BCUT2D eigenvalue weighted by Crippen LogP contribution is 2.30. The van der Waals surface area contributed by atoms with Crippen LogP contribution in [0.3, 0.4) is 0 Å². The molecule has 0 atom stereocenters. The summed E-state index contributed by atoms with van der Waals surface area (Å²) in [7, 11) is 0. The van der Waals surface area contributed by atoms with Gasteiger partial charge in [-0.05, 0) is 52.1 Å². The fourth-order valence-corrected chi connectivity index (χ4v) is 4.30. The molecule has 5 rings (SSSR count). The van der Waals surface area contributed by atoms with Crippen molar-refractivity contribution in [2.45, 2.75) is 13.2 Å². The van der Waals surface area contributed by atoms with Crippen molar-refractivity contribution in [1.82, 2.24) is 0 Å². The molecule has 0 bridgehead atoms. The summed E-state index contributed by atoms with van der Waals surface area (Å²) in [4.78, 5) is 0. The number of halogens is 1.